The van der Waals surface area contributed by atoms with Crippen molar-refractivity contribution in [2.45, 2.75) is 84.1 Å². The first-order valence-electron chi connectivity index (χ1n) is 8.05. The first kappa shape index (κ1) is 19.4. The standard InChI is InChI=1S/C16H32N2OS/c1-4-5-6-7-8-9-10-11-12-13-15(19)18(3)14(2)16(17)20/h14H,4-13H2,1-3H3,(H2,17,20). The molecule has 20 heavy (non-hydrogen) atoms. The molecule has 0 bridgehead atoms. The van der Waals surface area contributed by atoms with E-state index >= 15 is 0 Å². The molecule has 118 valence electrons. The maximum atomic E-state index is 11.9. The Morgan fingerprint density at radius 2 is 1.50 bits per heavy atom. The molecule has 1 atom stereocenters. The van der Waals surface area contributed by atoms with E-state index in [-0.39, 0.29) is 11.9 Å². The Balaban J connectivity index is 3.50. The van der Waals surface area contributed by atoms with Gasteiger partial charge < -0.3 is 10.6 Å². The van der Waals surface area contributed by atoms with Gasteiger partial charge in [-0.25, -0.2) is 0 Å². The van der Waals surface area contributed by atoms with Crippen LogP contribution >= 0.6 is 12.2 Å². The summed E-state index contributed by atoms with van der Waals surface area (Å²) in [6.07, 6.45) is 12.0. The van der Waals surface area contributed by atoms with Crippen LogP contribution in [0, 0.1) is 0 Å². The summed E-state index contributed by atoms with van der Waals surface area (Å²) >= 11 is 4.91. The van der Waals surface area contributed by atoms with Crippen molar-refractivity contribution in [2.24, 2.45) is 5.73 Å². The highest BCUT2D eigenvalue weighted by molar-refractivity contribution is 7.80. The van der Waals surface area contributed by atoms with E-state index in [1.807, 2.05) is 6.92 Å². The van der Waals surface area contributed by atoms with Gasteiger partial charge in [0.1, 0.15) is 0 Å². The number of carbonyl (C=O) groups is 1. The van der Waals surface area contributed by atoms with Crippen LogP contribution in [0.25, 0.3) is 0 Å². The second kappa shape index (κ2) is 12.1. The Kier molecular flexibility index (Phi) is 11.7. The number of nitrogens with two attached hydrogens (primary N) is 1. The van der Waals surface area contributed by atoms with E-state index in [4.69, 9.17) is 18.0 Å². The average Bonchev–Trinajstić information content (AvgIpc) is 2.43. The molecule has 4 heteroatoms. The van der Waals surface area contributed by atoms with E-state index in [2.05, 4.69) is 6.92 Å². The molecule has 1 unspecified atom stereocenters. The normalized spacial score (nSPS) is 12.2. The zero-order valence-corrected chi connectivity index (χ0v) is 14.3. The van der Waals surface area contributed by atoms with Crippen molar-refractivity contribution in [1.29, 1.82) is 0 Å². The molecule has 0 aromatic heterocycles. The first-order chi connectivity index (χ1) is 9.50. The zero-order chi connectivity index (χ0) is 15.4. The second-order valence-electron chi connectivity index (χ2n) is 5.66. The van der Waals surface area contributed by atoms with Crippen molar-refractivity contribution in [1.82, 2.24) is 4.90 Å². The van der Waals surface area contributed by atoms with Gasteiger partial charge in [0.15, 0.2) is 0 Å². The highest BCUT2D eigenvalue weighted by Gasteiger charge is 2.16. The molecule has 0 aliphatic carbocycles. The quantitative estimate of drug-likeness (QED) is 0.437. The van der Waals surface area contributed by atoms with Gasteiger partial charge in [-0.15, -0.1) is 0 Å². The number of amides is 1. The number of unbranched alkanes of at least 4 members (excludes halogenated alkanes) is 8. The number of rotatable bonds is 12. The predicted molar refractivity (Wildman–Crippen MR) is 90.9 cm³/mol. The van der Waals surface area contributed by atoms with Gasteiger partial charge in [0.05, 0.1) is 11.0 Å². The summed E-state index contributed by atoms with van der Waals surface area (Å²) < 4.78 is 0. The molecular weight excluding hydrogens is 268 g/mol. The molecule has 0 fully saturated rings. The Morgan fingerprint density at radius 3 is 1.95 bits per heavy atom. The van der Waals surface area contributed by atoms with Crippen LogP contribution in [0.3, 0.4) is 0 Å². The van der Waals surface area contributed by atoms with Gasteiger partial charge in [0.2, 0.25) is 5.91 Å². The molecule has 0 heterocycles. The van der Waals surface area contributed by atoms with Crippen molar-refractivity contribution in [3.63, 3.8) is 0 Å². The fourth-order valence-electron chi connectivity index (χ4n) is 2.17. The van der Waals surface area contributed by atoms with Gasteiger partial charge >= 0.3 is 0 Å². The Labute approximate surface area is 130 Å². The summed E-state index contributed by atoms with van der Waals surface area (Å²) in [4.78, 5) is 13.9. The third-order valence-corrected chi connectivity index (χ3v) is 4.22. The van der Waals surface area contributed by atoms with Gasteiger partial charge in [0, 0.05) is 13.5 Å². The van der Waals surface area contributed by atoms with E-state index in [0.717, 1.165) is 12.8 Å². The molecule has 0 saturated heterocycles. The van der Waals surface area contributed by atoms with Gasteiger partial charge in [-0.05, 0) is 13.3 Å². The predicted octanol–water partition coefficient (Wildman–Crippen LogP) is 4.04. The van der Waals surface area contributed by atoms with E-state index < -0.39 is 0 Å². The molecule has 0 aliphatic rings. The van der Waals surface area contributed by atoms with Crippen molar-refractivity contribution in [2.75, 3.05) is 7.05 Å². The van der Waals surface area contributed by atoms with E-state index in [1.54, 1.807) is 11.9 Å². The second-order valence-corrected chi connectivity index (χ2v) is 6.13. The molecule has 0 rings (SSSR count). The zero-order valence-electron chi connectivity index (χ0n) is 13.5. The van der Waals surface area contributed by atoms with Gasteiger partial charge in [-0.3, -0.25) is 4.79 Å². The maximum absolute atomic E-state index is 11.9. The number of hydrogen-bond acceptors (Lipinski definition) is 2. The van der Waals surface area contributed by atoms with E-state index in [9.17, 15) is 4.79 Å². The molecule has 0 saturated carbocycles. The largest absolute Gasteiger partial charge is 0.392 e. The average molecular weight is 301 g/mol. The minimum absolute atomic E-state index is 0.143. The number of likely N-dealkylation sites (N-methyl/N-ethyl adjacent to an activating group) is 1. The maximum Gasteiger partial charge on any atom is 0.222 e. The van der Waals surface area contributed by atoms with Crippen LogP contribution in [0.2, 0.25) is 0 Å². The fourth-order valence-corrected chi connectivity index (χ4v) is 2.33. The Morgan fingerprint density at radius 1 is 1.05 bits per heavy atom. The summed E-state index contributed by atoms with van der Waals surface area (Å²) in [5.41, 5.74) is 5.56. The van der Waals surface area contributed by atoms with Crippen LogP contribution in [0.4, 0.5) is 0 Å². The lowest BCUT2D eigenvalue weighted by molar-refractivity contribution is -0.130. The third kappa shape index (κ3) is 9.29. The van der Waals surface area contributed by atoms with Gasteiger partial charge in [-0.2, -0.15) is 0 Å². The SMILES string of the molecule is CCCCCCCCCCCC(=O)N(C)C(C)C(N)=S. The van der Waals surface area contributed by atoms with Crippen LogP contribution < -0.4 is 5.73 Å². The minimum atomic E-state index is -0.143. The van der Waals surface area contributed by atoms with Crippen LogP contribution in [-0.2, 0) is 4.79 Å². The molecule has 1 amide bonds. The molecule has 3 nitrogen and oxygen atoms in total. The number of thiocarbonyl (C=S) groups is 1. The topological polar surface area (TPSA) is 46.3 Å². The van der Waals surface area contributed by atoms with Crippen molar-refractivity contribution in [3.8, 4) is 0 Å². The summed E-state index contributed by atoms with van der Waals surface area (Å²) in [6, 6.07) is -0.143. The van der Waals surface area contributed by atoms with Crippen molar-refractivity contribution in [3.05, 3.63) is 0 Å². The molecule has 2 N–H and O–H groups in total. The molecule has 0 aromatic rings. The lowest BCUT2D eigenvalue weighted by Crippen LogP contribution is -2.42. The highest BCUT2D eigenvalue weighted by atomic mass is 32.1. The lowest BCUT2D eigenvalue weighted by Gasteiger charge is -2.23. The van der Waals surface area contributed by atoms with Crippen molar-refractivity contribution >= 4 is 23.1 Å². The summed E-state index contributed by atoms with van der Waals surface area (Å²) in [5, 5.41) is 0. The number of nitrogens with zero attached hydrogens (tertiary/aromatic N) is 1. The molecule has 0 aromatic carbocycles. The highest BCUT2D eigenvalue weighted by Crippen LogP contribution is 2.11. The van der Waals surface area contributed by atoms with Crippen LogP contribution in [0.1, 0.15) is 78.1 Å². The van der Waals surface area contributed by atoms with Crippen molar-refractivity contribution < 1.29 is 4.79 Å². The van der Waals surface area contributed by atoms with Crippen LogP contribution in [0.5, 0.6) is 0 Å². The Bertz CT molecular complexity index is 282. The molecular formula is C16H32N2OS. The van der Waals surface area contributed by atoms with Crippen LogP contribution in [-0.4, -0.2) is 28.9 Å². The summed E-state index contributed by atoms with van der Waals surface area (Å²) in [5.74, 6) is 0.147. The van der Waals surface area contributed by atoms with Crippen LogP contribution in [0.15, 0.2) is 0 Å². The minimum Gasteiger partial charge on any atom is -0.392 e. The first-order valence-corrected chi connectivity index (χ1v) is 8.46. The monoisotopic (exact) mass is 300 g/mol. The third-order valence-electron chi connectivity index (χ3n) is 3.88. The number of hydrogen-bond donors (Lipinski definition) is 1. The smallest absolute Gasteiger partial charge is 0.222 e. The summed E-state index contributed by atoms with van der Waals surface area (Å²) in [6.45, 7) is 4.11. The molecule has 0 spiro atoms. The lowest BCUT2D eigenvalue weighted by atomic mass is 10.1. The van der Waals surface area contributed by atoms with Gasteiger partial charge in [-0.1, -0.05) is 70.5 Å². The van der Waals surface area contributed by atoms with Gasteiger partial charge in [0.25, 0.3) is 0 Å². The Hall–Kier alpha value is -0.640. The molecule has 0 radical (unpaired) electrons. The molecule has 0 aliphatic heterocycles. The van der Waals surface area contributed by atoms with E-state index in [0.29, 0.717) is 11.4 Å². The fraction of sp³-hybridized carbons (Fsp3) is 0.875. The van der Waals surface area contributed by atoms with E-state index in [1.165, 1.54) is 44.9 Å². The summed E-state index contributed by atoms with van der Waals surface area (Å²) in [7, 11) is 1.78. The number of carbonyl (C=O) groups excluding carboxylic acids is 1.